The third kappa shape index (κ3) is 2.60. The first-order valence-electron chi connectivity index (χ1n) is 6.20. The van der Waals surface area contributed by atoms with Crippen LogP contribution in [0.1, 0.15) is 43.2 Å². The fourth-order valence-corrected chi connectivity index (χ4v) is 2.26. The van der Waals surface area contributed by atoms with E-state index in [9.17, 15) is 9.90 Å². The van der Waals surface area contributed by atoms with Crippen molar-refractivity contribution in [3.05, 3.63) is 29.3 Å². The number of rotatable bonds is 5. The number of carboxylic acids is 1. The number of carbonyl (C=O) groups is 1. The molecule has 3 nitrogen and oxygen atoms in total. The molecule has 1 aromatic rings. The maximum Gasteiger partial charge on any atom is 0.310 e. The highest BCUT2D eigenvalue weighted by Crippen LogP contribution is 2.30. The molecule has 0 fully saturated rings. The van der Waals surface area contributed by atoms with Gasteiger partial charge in [-0.25, -0.2) is 0 Å². The monoisotopic (exact) mass is 234 g/mol. The molecule has 1 aliphatic rings. The average Bonchev–Trinajstić information content (AvgIpc) is 2.76. The van der Waals surface area contributed by atoms with Crippen LogP contribution in [0, 0.1) is 0 Å². The predicted octanol–water partition coefficient (Wildman–Crippen LogP) is 2.98. The number of unbranched alkanes of at least 4 members (excludes halogenated alkanes) is 1. The number of hydrogen-bond donors (Lipinski definition) is 1. The van der Waals surface area contributed by atoms with Crippen molar-refractivity contribution in [1.29, 1.82) is 0 Å². The standard InChI is InChI=1S/C14H18O3/c1-2-3-4-12(14(15)16)10-5-6-13-11(9-10)7-8-17-13/h5-6,9,12H,2-4,7-8H2,1H3,(H,15,16). The SMILES string of the molecule is CCCCC(C(=O)O)c1ccc2c(c1)CCO2. The Morgan fingerprint density at radius 3 is 3.06 bits per heavy atom. The van der Waals surface area contributed by atoms with Crippen LogP contribution in [0.25, 0.3) is 0 Å². The minimum Gasteiger partial charge on any atom is -0.493 e. The predicted molar refractivity (Wildman–Crippen MR) is 65.5 cm³/mol. The van der Waals surface area contributed by atoms with Gasteiger partial charge in [-0.2, -0.15) is 0 Å². The molecule has 2 rings (SSSR count). The number of ether oxygens (including phenoxy) is 1. The van der Waals surface area contributed by atoms with Crippen LogP contribution < -0.4 is 4.74 Å². The van der Waals surface area contributed by atoms with Crippen molar-refractivity contribution in [3.63, 3.8) is 0 Å². The first-order valence-corrected chi connectivity index (χ1v) is 6.20. The van der Waals surface area contributed by atoms with Gasteiger partial charge in [0, 0.05) is 6.42 Å². The highest BCUT2D eigenvalue weighted by Gasteiger charge is 2.21. The van der Waals surface area contributed by atoms with E-state index in [0.717, 1.165) is 36.1 Å². The molecule has 0 radical (unpaired) electrons. The van der Waals surface area contributed by atoms with E-state index in [1.165, 1.54) is 0 Å². The van der Waals surface area contributed by atoms with Crippen molar-refractivity contribution in [1.82, 2.24) is 0 Å². The Balaban J connectivity index is 2.20. The number of hydrogen-bond acceptors (Lipinski definition) is 2. The second kappa shape index (κ2) is 5.21. The van der Waals surface area contributed by atoms with E-state index in [-0.39, 0.29) is 5.92 Å². The van der Waals surface area contributed by atoms with Gasteiger partial charge < -0.3 is 9.84 Å². The third-order valence-electron chi connectivity index (χ3n) is 3.26. The van der Waals surface area contributed by atoms with Crippen molar-refractivity contribution in [2.45, 2.75) is 38.5 Å². The molecule has 17 heavy (non-hydrogen) atoms. The zero-order valence-electron chi connectivity index (χ0n) is 10.1. The van der Waals surface area contributed by atoms with Crippen molar-refractivity contribution in [3.8, 4) is 5.75 Å². The zero-order chi connectivity index (χ0) is 12.3. The van der Waals surface area contributed by atoms with E-state index in [0.29, 0.717) is 13.0 Å². The van der Waals surface area contributed by atoms with Crippen LogP contribution in [0.5, 0.6) is 5.75 Å². The van der Waals surface area contributed by atoms with Crippen LogP contribution in [-0.4, -0.2) is 17.7 Å². The summed E-state index contributed by atoms with van der Waals surface area (Å²) >= 11 is 0. The van der Waals surface area contributed by atoms with E-state index < -0.39 is 5.97 Å². The van der Waals surface area contributed by atoms with Gasteiger partial charge in [0.15, 0.2) is 0 Å². The molecule has 92 valence electrons. The molecule has 3 heteroatoms. The molecular formula is C14H18O3. The summed E-state index contributed by atoms with van der Waals surface area (Å²) in [6, 6.07) is 5.79. The normalized spacial score (nSPS) is 15.1. The lowest BCUT2D eigenvalue weighted by molar-refractivity contribution is -0.139. The van der Waals surface area contributed by atoms with Crippen LogP contribution in [-0.2, 0) is 11.2 Å². The summed E-state index contributed by atoms with van der Waals surface area (Å²) in [5.41, 5.74) is 2.06. The van der Waals surface area contributed by atoms with Gasteiger partial charge in [0.2, 0.25) is 0 Å². The molecule has 1 aromatic carbocycles. The molecule has 0 aromatic heterocycles. The van der Waals surface area contributed by atoms with E-state index in [2.05, 4.69) is 6.92 Å². The van der Waals surface area contributed by atoms with Crippen LogP contribution >= 0.6 is 0 Å². The van der Waals surface area contributed by atoms with Gasteiger partial charge >= 0.3 is 5.97 Å². The zero-order valence-corrected chi connectivity index (χ0v) is 10.1. The summed E-state index contributed by atoms with van der Waals surface area (Å²) in [5.74, 6) is -0.188. The highest BCUT2D eigenvalue weighted by molar-refractivity contribution is 5.76. The summed E-state index contributed by atoms with van der Waals surface area (Å²) < 4.78 is 5.43. The van der Waals surface area contributed by atoms with E-state index in [4.69, 9.17) is 4.74 Å². The molecule has 0 saturated heterocycles. The molecule has 0 amide bonds. The van der Waals surface area contributed by atoms with E-state index >= 15 is 0 Å². The summed E-state index contributed by atoms with van der Waals surface area (Å²) in [6.07, 6.45) is 3.58. The Labute approximate surface area is 101 Å². The molecule has 0 bridgehead atoms. The van der Waals surface area contributed by atoms with Crippen LogP contribution in [0.3, 0.4) is 0 Å². The van der Waals surface area contributed by atoms with Gasteiger partial charge in [-0.3, -0.25) is 4.79 Å². The number of carboxylic acid groups (broad SMARTS) is 1. The Morgan fingerprint density at radius 2 is 2.35 bits per heavy atom. The van der Waals surface area contributed by atoms with Crippen LogP contribution in [0.2, 0.25) is 0 Å². The lowest BCUT2D eigenvalue weighted by Crippen LogP contribution is -2.11. The topological polar surface area (TPSA) is 46.5 Å². The van der Waals surface area contributed by atoms with Crippen molar-refractivity contribution >= 4 is 5.97 Å². The average molecular weight is 234 g/mol. The Bertz CT molecular complexity index is 412. The summed E-state index contributed by atoms with van der Waals surface area (Å²) in [7, 11) is 0. The number of fused-ring (bicyclic) bond motifs is 1. The molecule has 0 saturated carbocycles. The smallest absolute Gasteiger partial charge is 0.310 e. The van der Waals surface area contributed by atoms with E-state index in [1.807, 2.05) is 18.2 Å². The number of aliphatic carboxylic acids is 1. The summed E-state index contributed by atoms with van der Waals surface area (Å²) in [5, 5.41) is 9.27. The second-order valence-corrected chi connectivity index (χ2v) is 4.50. The second-order valence-electron chi connectivity index (χ2n) is 4.50. The van der Waals surface area contributed by atoms with Gasteiger partial charge in [0.1, 0.15) is 5.75 Å². The van der Waals surface area contributed by atoms with Gasteiger partial charge in [-0.05, 0) is 23.6 Å². The molecule has 0 aliphatic carbocycles. The van der Waals surface area contributed by atoms with Gasteiger partial charge in [0.05, 0.1) is 12.5 Å². The van der Waals surface area contributed by atoms with E-state index in [1.54, 1.807) is 0 Å². The molecular weight excluding hydrogens is 216 g/mol. The minimum absolute atomic E-state index is 0.374. The molecule has 1 N–H and O–H groups in total. The third-order valence-corrected chi connectivity index (χ3v) is 3.26. The van der Waals surface area contributed by atoms with Gasteiger partial charge in [-0.15, -0.1) is 0 Å². The van der Waals surface area contributed by atoms with Crippen molar-refractivity contribution in [2.75, 3.05) is 6.61 Å². The fraction of sp³-hybridized carbons (Fsp3) is 0.500. The summed E-state index contributed by atoms with van der Waals surface area (Å²) in [6.45, 7) is 2.79. The molecule has 1 heterocycles. The fourth-order valence-electron chi connectivity index (χ4n) is 2.26. The first kappa shape index (κ1) is 12.0. The molecule has 0 spiro atoms. The van der Waals surface area contributed by atoms with Crippen LogP contribution in [0.4, 0.5) is 0 Å². The summed E-state index contributed by atoms with van der Waals surface area (Å²) in [4.78, 5) is 11.3. The highest BCUT2D eigenvalue weighted by atomic mass is 16.5. The maximum atomic E-state index is 11.3. The quantitative estimate of drug-likeness (QED) is 0.852. The Kier molecular flexibility index (Phi) is 3.67. The van der Waals surface area contributed by atoms with Crippen molar-refractivity contribution < 1.29 is 14.6 Å². The maximum absolute atomic E-state index is 11.3. The van der Waals surface area contributed by atoms with Crippen molar-refractivity contribution in [2.24, 2.45) is 0 Å². The Hall–Kier alpha value is -1.51. The van der Waals surface area contributed by atoms with Crippen LogP contribution in [0.15, 0.2) is 18.2 Å². The Morgan fingerprint density at radius 1 is 1.53 bits per heavy atom. The van der Waals surface area contributed by atoms with Gasteiger partial charge in [-0.1, -0.05) is 31.9 Å². The number of benzene rings is 1. The van der Waals surface area contributed by atoms with Gasteiger partial charge in [0.25, 0.3) is 0 Å². The first-order chi connectivity index (χ1) is 8.22. The molecule has 1 atom stereocenters. The molecule has 1 aliphatic heterocycles. The lowest BCUT2D eigenvalue weighted by Gasteiger charge is -2.13. The largest absolute Gasteiger partial charge is 0.493 e. The lowest BCUT2D eigenvalue weighted by atomic mass is 9.92. The molecule has 1 unspecified atom stereocenters. The minimum atomic E-state index is -0.725.